The molecule has 22 heavy (non-hydrogen) atoms. The maximum absolute atomic E-state index is 11.3. The molecule has 2 aromatic heterocycles. The van der Waals surface area contributed by atoms with Crippen molar-refractivity contribution in [3.05, 3.63) is 59.5 Å². The number of rotatable bonds is 4. The average Bonchev–Trinajstić information content (AvgIpc) is 2.87. The lowest BCUT2D eigenvalue weighted by atomic mass is 10.2. The van der Waals surface area contributed by atoms with Crippen LogP contribution >= 0.6 is 0 Å². The summed E-state index contributed by atoms with van der Waals surface area (Å²) < 4.78 is 6.99. The Morgan fingerprint density at radius 2 is 1.95 bits per heavy atom. The largest absolute Gasteiger partial charge is 0.494 e. The van der Waals surface area contributed by atoms with Gasteiger partial charge in [0.15, 0.2) is 17.4 Å². The number of carboxylic acid groups (broad SMARTS) is 1. The first-order valence-electron chi connectivity index (χ1n) is 6.68. The Morgan fingerprint density at radius 1 is 1.23 bits per heavy atom. The van der Waals surface area contributed by atoms with Crippen LogP contribution in [0.3, 0.4) is 0 Å². The lowest BCUT2D eigenvalue weighted by Gasteiger charge is -2.06. The molecule has 3 aromatic rings. The van der Waals surface area contributed by atoms with E-state index >= 15 is 0 Å². The molecule has 0 bridgehead atoms. The van der Waals surface area contributed by atoms with Gasteiger partial charge in [0.05, 0.1) is 5.52 Å². The Balaban J connectivity index is 1.96. The lowest BCUT2D eigenvalue weighted by Crippen LogP contribution is -2.02. The average molecular weight is 298 g/mol. The summed E-state index contributed by atoms with van der Waals surface area (Å²) >= 11 is 0. The van der Waals surface area contributed by atoms with E-state index < -0.39 is 5.97 Å². The van der Waals surface area contributed by atoms with Gasteiger partial charge in [-0.05, 0) is 31.2 Å². The molecule has 3 rings (SSSR count). The van der Waals surface area contributed by atoms with E-state index in [9.17, 15) is 15.0 Å². The number of aromatic hydroxyl groups is 1. The Bertz CT molecular complexity index is 837. The molecular weight excluding hydrogens is 284 g/mol. The SMILES string of the molecule is Cc1ccc(OCc2nc(C(=O)O)c3cccc(O)n23)cc1. The van der Waals surface area contributed by atoms with Gasteiger partial charge in [0.1, 0.15) is 12.4 Å². The van der Waals surface area contributed by atoms with Gasteiger partial charge in [0, 0.05) is 0 Å². The Kier molecular flexibility index (Phi) is 3.42. The first-order valence-corrected chi connectivity index (χ1v) is 6.68. The van der Waals surface area contributed by atoms with Crippen molar-refractivity contribution < 1.29 is 19.7 Å². The zero-order valence-electron chi connectivity index (χ0n) is 11.9. The van der Waals surface area contributed by atoms with E-state index in [1.165, 1.54) is 10.5 Å². The molecule has 2 N–H and O–H groups in total. The van der Waals surface area contributed by atoms with E-state index in [0.717, 1.165) is 5.56 Å². The standard InChI is InChI=1S/C16H14N2O4/c1-10-5-7-11(8-6-10)22-9-13-17-15(16(20)21)12-3-2-4-14(19)18(12)13/h2-8,19H,9H2,1H3,(H,20,21). The maximum atomic E-state index is 11.3. The van der Waals surface area contributed by atoms with Crippen molar-refractivity contribution in [3.63, 3.8) is 0 Å². The van der Waals surface area contributed by atoms with E-state index in [2.05, 4.69) is 4.98 Å². The fourth-order valence-electron chi connectivity index (χ4n) is 2.23. The molecule has 0 fully saturated rings. The smallest absolute Gasteiger partial charge is 0.356 e. The molecule has 0 radical (unpaired) electrons. The highest BCUT2D eigenvalue weighted by molar-refractivity contribution is 5.93. The minimum atomic E-state index is -1.15. The second-order valence-corrected chi connectivity index (χ2v) is 4.89. The molecule has 1 aromatic carbocycles. The maximum Gasteiger partial charge on any atom is 0.356 e. The molecule has 0 aliphatic heterocycles. The molecule has 112 valence electrons. The lowest BCUT2D eigenvalue weighted by molar-refractivity contribution is 0.0693. The molecule has 0 spiro atoms. The molecule has 0 unspecified atom stereocenters. The topological polar surface area (TPSA) is 84.1 Å². The molecule has 6 nitrogen and oxygen atoms in total. The van der Waals surface area contributed by atoms with Crippen LogP contribution < -0.4 is 4.74 Å². The van der Waals surface area contributed by atoms with E-state index in [1.807, 2.05) is 31.2 Å². The summed E-state index contributed by atoms with van der Waals surface area (Å²) in [5.74, 6) is -0.259. The van der Waals surface area contributed by atoms with Crippen molar-refractivity contribution >= 4 is 11.5 Å². The van der Waals surface area contributed by atoms with Crippen LogP contribution in [0, 0.1) is 6.92 Å². The van der Waals surface area contributed by atoms with Gasteiger partial charge in [-0.15, -0.1) is 0 Å². The number of fused-ring (bicyclic) bond motifs is 1. The van der Waals surface area contributed by atoms with Gasteiger partial charge in [0.25, 0.3) is 0 Å². The zero-order valence-corrected chi connectivity index (χ0v) is 11.9. The number of carboxylic acids is 1. The molecule has 0 atom stereocenters. The van der Waals surface area contributed by atoms with Crippen molar-refractivity contribution in [3.8, 4) is 11.6 Å². The number of ether oxygens (including phenoxy) is 1. The van der Waals surface area contributed by atoms with E-state index in [0.29, 0.717) is 17.1 Å². The molecule has 6 heteroatoms. The summed E-state index contributed by atoms with van der Waals surface area (Å²) in [5.41, 5.74) is 1.33. The number of aromatic nitrogens is 2. The monoisotopic (exact) mass is 298 g/mol. The van der Waals surface area contributed by atoms with Crippen LogP contribution in [0.2, 0.25) is 0 Å². The highest BCUT2D eigenvalue weighted by Crippen LogP contribution is 2.21. The third-order valence-electron chi connectivity index (χ3n) is 3.30. The van der Waals surface area contributed by atoms with Gasteiger partial charge in [-0.1, -0.05) is 23.8 Å². The van der Waals surface area contributed by atoms with Gasteiger partial charge >= 0.3 is 5.97 Å². The Labute approximate surface area is 126 Å². The van der Waals surface area contributed by atoms with Crippen LogP contribution in [0.5, 0.6) is 11.6 Å². The van der Waals surface area contributed by atoms with E-state index in [1.54, 1.807) is 12.1 Å². The van der Waals surface area contributed by atoms with Crippen LogP contribution in [0.4, 0.5) is 0 Å². The first kappa shape index (κ1) is 13.9. The number of carbonyl (C=O) groups is 1. The first-order chi connectivity index (χ1) is 10.6. The number of pyridine rings is 1. The number of imidazole rings is 1. The summed E-state index contributed by atoms with van der Waals surface area (Å²) in [6, 6.07) is 12.1. The number of benzene rings is 1. The summed E-state index contributed by atoms with van der Waals surface area (Å²) in [5, 5.41) is 19.2. The summed E-state index contributed by atoms with van der Waals surface area (Å²) in [6.45, 7) is 2.03. The minimum Gasteiger partial charge on any atom is -0.494 e. The summed E-state index contributed by atoms with van der Waals surface area (Å²) in [6.07, 6.45) is 0. The van der Waals surface area contributed by atoms with Crippen molar-refractivity contribution in [1.29, 1.82) is 0 Å². The molecule has 2 heterocycles. The second-order valence-electron chi connectivity index (χ2n) is 4.89. The van der Waals surface area contributed by atoms with Crippen LogP contribution in [0.25, 0.3) is 5.52 Å². The van der Waals surface area contributed by atoms with Crippen molar-refractivity contribution in [2.24, 2.45) is 0 Å². The molecular formula is C16H14N2O4. The predicted octanol–water partition coefficient (Wildman–Crippen LogP) is 2.63. The van der Waals surface area contributed by atoms with Gasteiger partial charge in [-0.3, -0.25) is 4.40 Å². The van der Waals surface area contributed by atoms with Gasteiger partial charge in [0.2, 0.25) is 0 Å². The predicted molar refractivity (Wildman–Crippen MR) is 79.3 cm³/mol. The molecule has 0 aliphatic rings. The number of aryl methyl sites for hydroxylation is 1. The fourth-order valence-corrected chi connectivity index (χ4v) is 2.23. The fraction of sp³-hybridized carbons (Fsp3) is 0.125. The number of nitrogens with zero attached hydrogens (tertiary/aromatic N) is 2. The van der Waals surface area contributed by atoms with E-state index in [-0.39, 0.29) is 18.2 Å². The normalized spacial score (nSPS) is 10.8. The van der Waals surface area contributed by atoms with Crippen LogP contribution in [-0.4, -0.2) is 25.6 Å². The highest BCUT2D eigenvalue weighted by atomic mass is 16.5. The van der Waals surface area contributed by atoms with E-state index in [4.69, 9.17) is 4.74 Å². The minimum absolute atomic E-state index is 0.0507. The highest BCUT2D eigenvalue weighted by Gasteiger charge is 2.18. The quantitative estimate of drug-likeness (QED) is 0.773. The van der Waals surface area contributed by atoms with Gasteiger partial charge < -0.3 is 14.9 Å². The third-order valence-corrected chi connectivity index (χ3v) is 3.30. The van der Waals surface area contributed by atoms with Crippen LogP contribution in [0.15, 0.2) is 42.5 Å². The van der Waals surface area contributed by atoms with Crippen molar-refractivity contribution in [2.45, 2.75) is 13.5 Å². The molecule has 0 saturated carbocycles. The second kappa shape index (κ2) is 5.40. The number of hydrogen-bond acceptors (Lipinski definition) is 4. The van der Waals surface area contributed by atoms with Crippen molar-refractivity contribution in [1.82, 2.24) is 9.38 Å². The Hall–Kier alpha value is -3.02. The van der Waals surface area contributed by atoms with Crippen LogP contribution in [0.1, 0.15) is 21.9 Å². The summed E-state index contributed by atoms with van der Waals surface area (Å²) in [7, 11) is 0. The molecule has 0 amide bonds. The number of hydrogen-bond donors (Lipinski definition) is 2. The molecule has 0 aliphatic carbocycles. The van der Waals surface area contributed by atoms with Crippen molar-refractivity contribution in [2.75, 3.05) is 0 Å². The Morgan fingerprint density at radius 3 is 2.64 bits per heavy atom. The molecule has 0 saturated heterocycles. The van der Waals surface area contributed by atoms with Gasteiger partial charge in [-0.25, -0.2) is 9.78 Å². The van der Waals surface area contributed by atoms with Crippen LogP contribution in [-0.2, 0) is 6.61 Å². The van der Waals surface area contributed by atoms with Gasteiger partial charge in [-0.2, -0.15) is 0 Å². The summed E-state index contributed by atoms with van der Waals surface area (Å²) in [4.78, 5) is 15.3. The third kappa shape index (κ3) is 2.46. The number of aromatic carboxylic acids is 1. The zero-order chi connectivity index (χ0) is 15.7.